The molecule has 0 aliphatic heterocycles. The van der Waals surface area contributed by atoms with Gasteiger partial charge in [-0.1, -0.05) is 6.07 Å². The molecule has 1 amide bonds. The van der Waals surface area contributed by atoms with Crippen LogP contribution < -0.4 is 5.43 Å². The van der Waals surface area contributed by atoms with Crippen LogP contribution in [-0.4, -0.2) is 22.3 Å². The van der Waals surface area contributed by atoms with Gasteiger partial charge in [-0.05, 0) is 64.6 Å². The van der Waals surface area contributed by atoms with Gasteiger partial charge >= 0.3 is 0 Å². The van der Waals surface area contributed by atoms with Crippen LogP contribution in [0.2, 0.25) is 0 Å². The van der Waals surface area contributed by atoms with Crippen molar-refractivity contribution in [3.63, 3.8) is 0 Å². The van der Waals surface area contributed by atoms with Crippen molar-refractivity contribution in [3.05, 3.63) is 57.2 Å². The fourth-order valence-electron chi connectivity index (χ4n) is 1.48. The van der Waals surface area contributed by atoms with Crippen LogP contribution in [0.4, 0.5) is 0 Å². The summed E-state index contributed by atoms with van der Waals surface area (Å²) < 4.78 is 0.961. The molecule has 0 fully saturated rings. The maximum atomic E-state index is 11.8. The van der Waals surface area contributed by atoms with E-state index in [-0.39, 0.29) is 17.4 Å². The Bertz CT molecular complexity index is 671. The first-order chi connectivity index (χ1) is 9.56. The van der Waals surface area contributed by atoms with Crippen molar-refractivity contribution < 1.29 is 15.0 Å². The molecule has 6 heteroatoms. The van der Waals surface area contributed by atoms with Crippen molar-refractivity contribution in [3.8, 4) is 11.5 Å². The van der Waals surface area contributed by atoms with Gasteiger partial charge in [-0.2, -0.15) is 5.10 Å². The Balaban J connectivity index is 2.02. The first-order valence-corrected chi connectivity index (χ1v) is 6.75. The molecule has 0 aliphatic carbocycles. The Morgan fingerprint density at radius 2 is 1.95 bits per heavy atom. The molecule has 0 atom stereocenters. The van der Waals surface area contributed by atoms with Crippen LogP contribution in [0, 0.1) is 3.57 Å². The quantitative estimate of drug-likeness (QED) is 0.330. The molecule has 0 unspecified atom stereocenters. The summed E-state index contributed by atoms with van der Waals surface area (Å²) in [4.78, 5) is 11.8. The van der Waals surface area contributed by atoms with E-state index in [0.717, 1.165) is 3.57 Å². The minimum Gasteiger partial charge on any atom is -0.504 e. The van der Waals surface area contributed by atoms with Gasteiger partial charge in [0.15, 0.2) is 11.5 Å². The SMILES string of the molecule is O=C(NN=Cc1ccc(O)c(O)c1)c1cccc(I)c1. The van der Waals surface area contributed by atoms with Crippen molar-refractivity contribution >= 4 is 34.7 Å². The third-order valence-electron chi connectivity index (χ3n) is 2.47. The van der Waals surface area contributed by atoms with Crippen LogP contribution in [-0.2, 0) is 0 Å². The van der Waals surface area contributed by atoms with Gasteiger partial charge in [0.1, 0.15) is 0 Å². The molecule has 20 heavy (non-hydrogen) atoms. The highest BCUT2D eigenvalue weighted by Crippen LogP contribution is 2.23. The van der Waals surface area contributed by atoms with E-state index in [9.17, 15) is 9.90 Å². The number of rotatable bonds is 3. The number of hydrogen-bond donors (Lipinski definition) is 3. The van der Waals surface area contributed by atoms with Gasteiger partial charge in [-0.3, -0.25) is 4.79 Å². The second kappa shape index (κ2) is 6.38. The third kappa shape index (κ3) is 3.70. The first kappa shape index (κ1) is 14.3. The number of hydrazone groups is 1. The zero-order chi connectivity index (χ0) is 14.5. The lowest BCUT2D eigenvalue weighted by Crippen LogP contribution is -2.17. The molecule has 0 aliphatic rings. The molecule has 5 nitrogen and oxygen atoms in total. The second-order valence-electron chi connectivity index (χ2n) is 3.96. The van der Waals surface area contributed by atoms with E-state index in [1.165, 1.54) is 18.3 Å². The highest BCUT2D eigenvalue weighted by Gasteiger charge is 2.04. The topological polar surface area (TPSA) is 81.9 Å². The van der Waals surface area contributed by atoms with Gasteiger partial charge in [0.05, 0.1) is 6.21 Å². The number of phenolic OH excluding ortho intramolecular Hbond substituents is 2. The van der Waals surface area contributed by atoms with E-state index < -0.39 is 0 Å². The summed E-state index contributed by atoms with van der Waals surface area (Å²) in [5, 5.41) is 22.3. The summed E-state index contributed by atoms with van der Waals surface area (Å²) in [7, 11) is 0. The molecule has 0 saturated heterocycles. The number of halogens is 1. The van der Waals surface area contributed by atoms with Crippen LogP contribution in [0.5, 0.6) is 11.5 Å². The Morgan fingerprint density at radius 3 is 2.65 bits per heavy atom. The second-order valence-corrected chi connectivity index (χ2v) is 5.20. The normalized spacial score (nSPS) is 10.7. The largest absolute Gasteiger partial charge is 0.504 e. The van der Waals surface area contributed by atoms with Crippen LogP contribution in [0.1, 0.15) is 15.9 Å². The number of aromatic hydroxyl groups is 2. The van der Waals surface area contributed by atoms with E-state index >= 15 is 0 Å². The highest BCUT2D eigenvalue weighted by atomic mass is 127. The zero-order valence-corrected chi connectivity index (χ0v) is 12.4. The van der Waals surface area contributed by atoms with E-state index in [4.69, 9.17) is 5.11 Å². The molecule has 0 aromatic heterocycles. The molecule has 102 valence electrons. The fourth-order valence-corrected chi connectivity index (χ4v) is 2.02. The Labute approximate surface area is 129 Å². The number of phenols is 2. The van der Waals surface area contributed by atoms with Crippen LogP contribution in [0.25, 0.3) is 0 Å². The van der Waals surface area contributed by atoms with Gasteiger partial charge in [-0.25, -0.2) is 5.43 Å². The third-order valence-corrected chi connectivity index (χ3v) is 3.14. The van der Waals surface area contributed by atoms with E-state index in [1.807, 2.05) is 6.07 Å². The van der Waals surface area contributed by atoms with Gasteiger partial charge < -0.3 is 10.2 Å². The standard InChI is InChI=1S/C14H11IN2O3/c15-11-3-1-2-10(7-11)14(20)17-16-8-9-4-5-12(18)13(19)6-9/h1-8,18-19H,(H,17,20). The van der Waals surface area contributed by atoms with Gasteiger partial charge in [-0.15, -0.1) is 0 Å². The smallest absolute Gasteiger partial charge is 0.271 e. The Hall–Kier alpha value is -2.09. The summed E-state index contributed by atoms with van der Waals surface area (Å²) in [6.07, 6.45) is 1.38. The molecule has 0 heterocycles. The molecule has 0 bridgehead atoms. The molecular weight excluding hydrogens is 371 g/mol. The fraction of sp³-hybridized carbons (Fsp3) is 0. The lowest BCUT2D eigenvalue weighted by atomic mass is 10.2. The maximum absolute atomic E-state index is 11.8. The first-order valence-electron chi connectivity index (χ1n) is 5.67. The molecule has 2 aromatic rings. The number of carbonyl (C=O) groups is 1. The molecule has 0 radical (unpaired) electrons. The number of benzene rings is 2. The number of hydrogen-bond acceptors (Lipinski definition) is 4. The predicted molar refractivity (Wildman–Crippen MR) is 84.0 cm³/mol. The minimum absolute atomic E-state index is 0.204. The van der Waals surface area contributed by atoms with Crippen LogP contribution in [0.3, 0.4) is 0 Å². The summed E-state index contributed by atoms with van der Waals surface area (Å²) in [6, 6.07) is 11.4. The van der Waals surface area contributed by atoms with E-state index in [2.05, 4.69) is 33.1 Å². The Kier molecular flexibility index (Phi) is 4.57. The number of amides is 1. The van der Waals surface area contributed by atoms with Gasteiger partial charge in [0, 0.05) is 9.13 Å². The highest BCUT2D eigenvalue weighted by molar-refractivity contribution is 14.1. The number of carbonyl (C=O) groups excluding carboxylic acids is 1. The predicted octanol–water partition coefficient (Wildman–Crippen LogP) is 2.47. The molecule has 2 rings (SSSR count). The van der Waals surface area contributed by atoms with E-state index in [0.29, 0.717) is 11.1 Å². The summed E-state index contributed by atoms with van der Waals surface area (Å²) in [5.74, 6) is -0.759. The zero-order valence-electron chi connectivity index (χ0n) is 10.2. The summed E-state index contributed by atoms with van der Waals surface area (Å²) in [5.41, 5.74) is 3.47. The molecule has 3 N–H and O–H groups in total. The molecular formula is C14H11IN2O3. The lowest BCUT2D eigenvalue weighted by molar-refractivity contribution is 0.0955. The summed E-state index contributed by atoms with van der Waals surface area (Å²) in [6.45, 7) is 0. The van der Waals surface area contributed by atoms with Gasteiger partial charge in [0.2, 0.25) is 0 Å². The average Bonchev–Trinajstić information content (AvgIpc) is 2.42. The molecule has 0 spiro atoms. The Morgan fingerprint density at radius 1 is 1.15 bits per heavy atom. The number of nitrogens with zero attached hydrogens (tertiary/aromatic N) is 1. The summed E-state index contributed by atoms with van der Waals surface area (Å²) >= 11 is 2.12. The van der Waals surface area contributed by atoms with Gasteiger partial charge in [0.25, 0.3) is 5.91 Å². The number of nitrogens with one attached hydrogen (secondary N) is 1. The van der Waals surface area contributed by atoms with Crippen molar-refractivity contribution in [1.29, 1.82) is 0 Å². The lowest BCUT2D eigenvalue weighted by Gasteiger charge is -2.01. The van der Waals surface area contributed by atoms with Crippen molar-refractivity contribution in [2.75, 3.05) is 0 Å². The van der Waals surface area contributed by atoms with Crippen molar-refractivity contribution in [2.45, 2.75) is 0 Å². The maximum Gasteiger partial charge on any atom is 0.271 e. The monoisotopic (exact) mass is 382 g/mol. The van der Waals surface area contributed by atoms with Crippen molar-refractivity contribution in [2.24, 2.45) is 5.10 Å². The molecule has 0 saturated carbocycles. The molecule has 2 aromatic carbocycles. The van der Waals surface area contributed by atoms with Crippen molar-refractivity contribution in [1.82, 2.24) is 5.43 Å². The average molecular weight is 382 g/mol. The van der Waals surface area contributed by atoms with Crippen LogP contribution in [0.15, 0.2) is 47.6 Å². The minimum atomic E-state index is -0.317. The van der Waals surface area contributed by atoms with Crippen LogP contribution >= 0.6 is 22.6 Å². The van der Waals surface area contributed by atoms with E-state index in [1.54, 1.807) is 24.3 Å².